The summed E-state index contributed by atoms with van der Waals surface area (Å²) in [4.78, 5) is 1.22. The molecule has 1 aromatic rings. The second kappa shape index (κ2) is 7.07. The van der Waals surface area contributed by atoms with Crippen LogP contribution in [0.4, 0.5) is 0 Å². The largest absolute Gasteiger partial charge is 0.385 e. The lowest BCUT2D eigenvalue weighted by Gasteiger charge is -2.24. The van der Waals surface area contributed by atoms with Gasteiger partial charge in [0.2, 0.25) is 0 Å². The SMILES string of the molecule is CCCCCCC(C)(O)c1cccc(SC)c1. The van der Waals surface area contributed by atoms with Crippen molar-refractivity contribution in [1.29, 1.82) is 0 Å². The van der Waals surface area contributed by atoms with Crippen LogP contribution < -0.4 is 0 Å². The minimum atomic E-state index is -0.681. The van der Waals surface area contributed by atoms with Crippen molar-refractivity contribution in [2.24, 2.45) is 0 Å². The third kappa shape index (κ3) is 4.72. The Balaban J connectivity index is 2.61. The normalized spacial score (nSPS) is 14.6. The highest BCUT2D eigenvalue weighted by molar-refractivity contribution is 7.98. The molecule has 0 bridgehead atoms. The average Bonchev–Trinajstić information content (AvgIpc) is 2.35. The monoisotopic (exact) mass is 252 g/mol. The fraction of sp³-hybridized carbons (Fsp3) is 0.600. The quantitative estimate of drug-likeness (QED) is 0.566. The van der Waals surface area contributed by atoms with E-state index in [9.17, 15) is 5.11 Å². The highest BCUT2D eigenvalue weighted by Crippen LogP contribution is 2.29. The van der Waals surface area contributed by atoms with Gasteiger partial charge in [-0.15, -0.1) is 11.8 Å². The van der Waals surface area contributed by atoms with Crippen molar-refractivity contribution in [3.63, 3.8) is 0 Å². The van der Waals surface area contributed by atoms with Gasteiger partial charge in [-0.3, -0.25) is 0 Å². The van der Waals surface area contributed by atoms with E-state index in [1.165, 1.54) is 24.2 Å². The summed E-state index contributed by atoms with van der Waals surface area (Å²) >= 11 is 1.72. The summed E-state index contributed by atoms with van der Waals surface area (Å²) in [5.74, 6) is 0. The van der Waals surface area contributed by atoms with E-state index in [0.717, 1.165) is 18.4 Å². The van der Waals surface area contributed by atoms with E-state index in [0.29, 0.717) is 0 Å². The minimum Gasteiger partial charge on any atom is -0.385 e. The molecule has 0 saturated heterocycles. The second-order valence-electron chi connectivity index (χ2n) is 4.82. The van der Waals surface area contributed by atoms with Gasteiger partial charge in [0.1, 0.15) is 0 Å². The highest BCUT2D eigenvalue weighted by Gasteiger charge is 2.22. The molecule has 0 fully saturated rings. The predicted molar refractivity (Wildman–Crippen MR) is 76.6 cm³/mol. The molecule has 0 aromatic heterocycles. The molecule has 1 atom stereocenters. The Kier molecular flexibility index (Phi) is 6.07. The third-order valence-corrected chi connectivity index (χ3v) is 3.93. The third-order valence-electron chi connectivity index (χ3n) is 3.21. The van der Waals surface area contributed by atoms with Crippen LogP contribution in [0.2, 0.25) is 0 Å². The number of thioether (sulfide) groups is 1. The summed E-state index contributed by atoms with van der Waals surface area (Å²) in [6.45, 7) is 4.14. The first-order valence-electron chi connectivity index (χ1n) is 6.47. The van der Waals surface area contributed by atoms with Crippen LogP contribution in [-0.2, 0) is 5.60 Å². The van der Waals surface area contributed by atoms with E-state index in [1.54, 1.807) is 11.8 Å². The first-order chi connectivity index (χ1) is 8.10. The Morgan fingerprint density at radius 3 is 2.65 bits per heavy atom. The Morgan fingerprint density at radius 1 is 1.24 bits per heavy atom. The Bertz CT molecular complexity index is 333. The van der Waals surface area contributed by atoms with Gasteiger partial charge in [-0.25, -0.2) is 0 Å². The maximum absolute atomic E-state index is 10.5. The van der Waals surface area contributed by atoms with Gasteiger partial charge in [0.15, 0.2) is 0 Å². The van der Waals surface area contributed by atoms with E-state index in [-0.39, 0.29) is 0 Å². The molecule has 1 nitrogen and oxygen atoms in total. The summed E-state index contributed by atoms with van der Waals surface area (Å²) in [7, 11) is 0. The van der Waals surface area contributed by atoms with Gasteiger partial charge in [-0.1, -0.05) is 44.7 Å². The molecule has 1 N–H and O–H groups in total. The lowest BCUT2D eigenvalue weighted by molar-refractivity contribution is 0.0446. The zero-order valence-corrected chi connectivity index (χ0v) is 12.0. The molecule has 0 amide bonds. The van der Waals surface area contributed by atoms with Gasteiger partial charge in [0.05, 0.1) is 5.60 Å². The molecule has 0 aliphatic heterocycles. The Morgan fingerprint density at radius 2 is 2.00 bits per heavy atom. The predicted octanol–water partition coefficient (Wildman–Crippen LogP) is 4.59. The van der Waals surface area contributed by atoms with Crippen LogP contribution in [0.5, 0.6) is 0 Å². The van der Waals surface area contributed by atoms with E-state index in [4.69, 9.17) is 0 Å². The van der Waals surface area contributed by atoms with Crippen LogP contribution in [0, 0.1) is 0 Å². The van der Waals surface area contributed by atoms with Gasteiger partial charge < -0.3 is 5.11 Å². The summed E-state index contributed by atoms with van der Waals surface area (Å²) < 4.78 is 0. The van der Waals surface area contributed by atoms with Gasteiger partial charge in [-0.2, -0.15) is 0 Å². The molecule has 17 heavy (non-hydrogen) atoms. The van der Waals surface area contributed by atoms with Crippen LogP contribution >= 0.6 is 11.8 Å². The summed E-state index contributed by atoms with van der Waals surface area (Å²) in [6.07, 6.45) is 7.74. The van der Waals surface area contributed by atoms with Crippen LogP contribution in [0.3, 0.4) is 0 Å². The molecule has 96 valence electrons. The van der Waals surface area contributed by atoms with Gasteiger partial charge in [-0.05, 0) is 37.3 Å². The fourth-order valence-electron chi connectivity index (χ4n) is 2.00. The molecule has 0 spiro atoms. The number of benzene rings is 1. The van der Waals surface area contributed by atoms with Crippen LogP contribution in [0.25, 0.3) is 0 Å². The summed E-state index contributed by atoms with van der Waals surface area (Å²) in [5.41, 5.74) is 0.361. The van der Waals surface area contributed by atoms with Crippen LogP contribution in [0.15, 0.2) is 29.2 Å². The lowest BCUT2D eigenvalue weighted by atomic mass is 9.90. The smallest absolute Gasteiger partial charge is 0.0868 e. The van der Waals surface area contributed by atoms with Crippen molar-refractivity contribution >= 4 is 11.8 Å². The molecule has 1 unspecified atom stereocenters. The van der Waals surface area contributed by atoms with E-state index in [1.807, 2.05) is 19.1 Å². The van der Waals surface area contributed by atoms with Crippen molar-refractivity contribution in [3.8, 4) is 0 Å². The summed E-state index contributed by atoms with van der Waals surface area (Å²) in [5, 5.41) is 10.5. The van der Waals surface area contributed by atoms with Crippen molar-refractivity contribution in [2.75, 3.05) is 6.26 Å². The van der Waals surface area contributed by atoms with Crippen LogP contribution in [0.1, 0.15) is 51.5 Å². The Hall–Kier alpha value is -0.470. The molecule has 1 aromatic carbocycles. The van der Waals surface area contributed by atoms with Crippen molar-refractivity contribution in [3.05, 3.63) is 29.8 Å². The van der Waals surface area contributed by atoms with E-state index < -0.39 is 5.60 Å². The second-order valence-corrected chi connectivity index (χ2v) is 5.70. The number of unbranched alkanes of at least 4 members (excludes halogenated alkanes) is 3. The molecule has 2 heteroatoms. The lowest BCUT2D eigenvalue weighted by Crippen LogP contribution is -2.20. The zero-order chi connectivity index (χ0) is 12.7. The van der Waals surface area contributed by atoms with Crippen molar-refractivity contribution in [1.82, 2.24) is 0 Å². The van der Waals surface area contributed by atoms with Crippen molar-refractivity contribution in [2.45, 2.75) is 56.4 Å². The minimum absolute atomic E-state index is 0.681. The highest BCUT2D eigenvalue weighted by atomic mass is 32.2. The Labute approximate surface area is 110 Å². The van der Waals surface area contributed by atoms with Crippen LogP contribution in [-0.4, -0.2) is 11.4 Å². The standard InChI is InChI=1S/C15H24OS/c1-4-5-6-7-11-15(2,16)13-9-8-10-14(12-13)17-3/h8-10,12,16H,4-7,11H2,1-3H3. The molecular weight excluding hydrogens is 228 g/mol. The number of aliphatic hydroxyl groups is 1. The first-order valence-corrected chi connectivity index (χ1v) is 7.69. The molecule has 0 aliphatic rings. The number of rotatable bonds is 7. The maximum Gasteiger partial charge on any atom is 0.0868 e. The van der Waals surface area contributed by atoms with Crippen molar-refractivity contribution < 1.29 is 5.11 Å². The molecule has 0 aliphatic carbocycles. The fourth-order valence-corrected chi connectivity index (χ4v) is 2.46. The van der Waals surface area contributed by atoms with E-state index >= 15 is 0 Å². The molecule has 0 heterocycles. The average molecular weight is 252 g/mol. The topological polar surface area (TPSA) is 20.2 Å². The number of hydrogen-bond acceptors (Lipinski definition) is 2. The molecule has 1 rings (SSSR count). The van der Waals surface area contributed by atoms with E-state index in [2.05, 4.69) is 25.3 Å². The molecule has 0 radical (unpaired) electrons. The van der Waals surface area contributed by atoms with Gasteiger partial charge in [0.25, 0.3) is 0 Å². The maximum atomic E-state index is 10.5. The van der Waals surface area contributed by atoms with Gasteiger partial charge in [0, 0.05) is 4.90 Å². The van der Waals surface area contributed by atoms with Gasteiger partial charge >= 0.3 is 0 Å². The summed E-state index contributed by atoms with van der Waals surface area (Å²) in [6, 6.07) is 8.24. The molecular formula is C15H24OS. The zero-order valence-electron chi connectivity index (χ0n) is 11.2. The first kappa shape index (κ1) is 14.6. The number of hydrogen-bond donors (Lipinski definition) is 1. The molecule has 0 saturated carbocycles.